The molecule has 1 amide bonds. The summed E-state index contributed by atoms with van der Waals surface area (Å²) in [7, 11) is 0. The average Bonchev–Trinajstić information content (AvgIpc) is 2.61. The van der Waals surface area contributed by atoms with Gasteiger partial charge in [-0.1, -0.05) is 42.5 Å². The Labute approximate surface area is 135 Å². The number of amides is 1. The molecule has 1 N–H and O–H groups in total. The zero-order valence-corrected chi connectivity index (χ0v) is 12.9. The van der Waals surface area contributed by atoms with Crippen molar-refractivity contribution >= 4 is 22.9 Å². The predicted molar refractivity (Wildman–Crippen MR) is 92.6 cm³/mol. The lowest BCUT2D eigenvalue weighted by molar-refractivity contribution is -0.123. The highest BCUT2D eigenvalue weighted by atomic mass is 16.5. The molecule has 3 rings (SSSR count). The summed E-state index contributed by atoms with van der Waals surface area (Å²) >= 11 is 0. The first-order valence-electron chi connectivity index (χ1n) is 7.90. The van der Waals surface area contributed by atoms with Crippen LogP contribution in [0.5, 0.6) is 5.75 Å². The Kier molecular flexibility index (Phi) is 5.04. The van der Waals surface area contributed by atoms with Gasteiger partial charge in [0, 0.05) is 6.21 Å². The van der Waals surface area contributed by atoms with E-state index in [1.165, 1.54) is 0 Å². The van der Waals surface area contributed by atoms with E-state index in [-0.39, 0.29) is 12.5 Å². The molecule has 118 valence electrons. The molecule has 0 bridgehead atoms. The van der Waals surface area contributed by atoms with Crippen LogP contribution in [0.1, 0.15) is 19.3 Å². The third-order valence-corrected chi connectivity index (χ3v) is 3.88. The van der Waals surface area contributed by atoms with Crippen molar-refractivity contribution in [3.63, 3.8) is 0 Å². The molecular weight excluding hydrogens is 288 g/mol. The maximum atomic E-state index is 11.8. The van der Waals surface area contributed by atoms with Crippen molar-refractivity contribution in [2.45, 2.75) is 19.3 Å². The number of hydrazone groups is 1. The fourth-order valence-electron chi connectivity index (χ4n) is 2.61. The molecule has 0 aliphatic heterocycles. The van der Waals surface area contributed by atoms with Crippen LogP contribution in [0.3, 0.4) is 0 Å². The minimum atomic E-state index is -0.249. The number of carbonyl (C=O) groups excluding carboxylic acids is 1. The molecule has 1 atom stereocenters. The molecule has 4 nitrogen and oxygen atoms in total. The van der Waals surface area contributed by atoms with Gasteiger partial charge in [0.2, 0.25) is 0 Å². The summed E-state index contributed by atoms with van der Waals surface area (Å²) in [6.45, 7) is -0.0414. The summed E-state index contributed by atoms with van der Waals surface area (Å²) in [4.78, 5) is 11.8. The molecule has 4 heteroatoms. The summed E-state index contributed by atoms with van der Waals surface area (Å²) in [5.74, 6) is 0.850. The number of hydrogen-bond donors (Lipinski definition) is 1. The Hall–Kier alpha value is -2.62. The molecule has 0 saturated carbocycles. The first kappa shape index (κ1) is 15.3. The number of nitrogens with zero attached hydrogens (tertiary/aromatic N) is 1. The molecule has 0 radical (unpaired) electrons. The highest BCUT2D eigenvalue weighted by Gasteiger charge is 2.07. The summed E-state index contributed by atoms with van der Waals surface area (Å²) in [6, 6.07) is 13.8. The van der Waals surface area contributed by atoms with E-state index in [0.717, 1.165) is 30.0 Å². The second-order valence-electron chi connectivity index (χ2n) is 5.66. The van der Waals surface area contributed by atoms with E-state index in [1.807, 2.05) is 48.7 Å². The lowest BCUT2D eigenvalue weighted by Gasteiger charge is -2.11. The first-order valence-corrected chi connectivity index (χ1v) is 7.90. The largest absolute Gasteiger partial charge is 0.484 e. The van der Waals surface area contributed by atoms with Gasteiger partial charge in [-0.25, -0.2) is 5.43 Å². The molecule has 0 heterocycles. The third kappa shape index (κ3) is 4.42. The lowest BCUT2D eigenvalue weighted by atomic mass is 9.96. The van der Waals surface area contributed by atoms with Crippen LogP contribution in [0.2, 0.25) is 0 Å². The SMILES string of the molecule is O=C(COc1ccc2ccccc2c1)NN=C[C@@H]1CC=CCC1. The lowest BCUT2D eigenvalue weighted by Crippen LogP contribution is -2.25. The number of ether oxygens (including phenoxy) is 1. The van der Waals surface area contributed by atoms with E-state index < -0.39 is 0 Å². The molecule has 2 aromatic rings. The van der Waals surface area contributed by atoms with Crippen molar-refractivity contribution in [2.75, 3.05) is 6.61 Å². The van der Waals surface area contributed by atoms with Gasteiger partial charge in [0.15, 0.2) is 6.61 Å². The Balaban J connectivity index is 1.47. The minimum absolute atomic E-state index is 0.0414. The summed E-state index contributed by atoms with van der Waals surface area (Å²) in [5, 5.41) is 6.26. The normalized spacial score (nSPS) is 17.5. The van der Waals surface area contributed by atoms with Crippen LogP contribution in [-0.2, 0) is 4.79 Å². The van der Waals surface area contributed by atoms with Crippen LogP contribution >= 0.6 is 0 Å². The van der Waals surface area contributed by atoms with Crippen LogP contribution in [0.4, 0.5) is 0 Å². The monoisotopic (exact) mass is 308 g/mol. The molecule has 0 spiro atoms. The molecule has 23 heavy (non-hydrogen) atoms. The molecule has 0 unspecified atom stereocenters. The molecule has 0 fully saturated rings. The molecule has 0 aromatic heterocycles. The van der Waals surface area contributed by atoms with Gasteiger partial charge in [-0.2, -0.15) is 5.10 Å². The van der Waals surface area contributed by atoms with Crippen molar-refractivity contribution in [1.82, 2.24) is 5.43 Å². The summed E-state index contributed by atoms with van der Waals surface area (Å²) < 4.78 is 5.52. The van der Waals surface area contributed by atoms with Crippen LogP contribution in [0.25, 0.3) is 10.8 Å². The summed E-state index contributed by atoms with van der Waals surface area (Å²) in [6.07, 6.45) is 9.31. The number of rotatable bonds is 5. The van der Waals surface area contributed by atoms with Crippen molar-refractivity contribution in [3.8, 4) is 5.75 Å². The molecule has 0 saturated heterocycles. The molecule has 1 aliphatic rings. The van der Waals surface area contributed by atoms with E-state index >= 15 is 0 Å². The number of carbonyl (C=O) groups is 1. The van der Waals surface area contributed by atoms with Gasteiger partial charge in [-0.15, -0.1) is 0 Å². The van der Waals surface area contributed by atoms with E-state index in [4.69, 9.17) is 4.74 Å². The van der Waals surface area contributed by atoms with Gasteiger partial charge >= 0.3 is 0 Å². The van der Waals surface area contributed by atoms with Crippen LogP contribution in [0, 0.1) is 5.92 Å². The maximum absolute atomic E-state index is 11.8. The average molecular weight is 308 g/mol. The van der Waals surface area contributed by atoms with Gasteiger partial charge in [0.05, 0.1) is 0 Å². The highest BCUT2D eigenvalue weighted by Crippen LogP contribution is 2.20. The number of benzene rings is 2. The van der Waals surface area contributed by atoms with Crippen molar-refractivity contribution in [2.24, 2.45) is 11.0 Å². The molecule has 1 aliphatic carbocycles. The Morgan fingerprint density at radius 1 is 1.22 bits per heavy atom. The third-order valence-electron chi connectivity index (χ3n) is 3.88. The Morgan fingerprint density at radius 3 is 2.91 bits per heavy atom. The Morgan fingerprint density at radius 2 is 2.09 bits per heavy atom. The fraction of sp³-hybridized carbons (Fsp3) is 0.263. The molecular formula is C19H20N2O2. The van der Waals surface area contributed by atoms with E-state index in [0.29, 0.717) is 11.7 Å². The van der Waals surface area contributed by atoms with Gasteiger partial charge < -0.3 is 4.74 Å². The second-order valence-corrected chi connectivity index (χ2v) is 5.66. The molecule has 2 aromatic carbocycles. The fourth-order valence-corrected chi connectivity index (χ4v) is 2.61. The van der Waals surface area contributed by atoms with Gasteiger partial charge in [-0.05, 0) is 48.1 Å². The standard InChI is InChI=1S/C19H20N2O2/c22-19(21-20-13-15-6-2-1-3-7-15)14-23-18-11-10-16-8-4-5-9-17(16)12-18/h1-2,4-5,8-13,15H,3,6-7,14H2,(H,21,22)/t15-/m1/s1. The number of fused-ring (bicyclic) bond motifs is 1. The van der Waals surface area contributed by atoms with Gasteiger partial charge in [0.25, 0.3) is 5.91 Å². The number of allylic oxidation sites excluding steroid dienone is 2. The van der Waals surface area contributed by atoms with Gasteiger partial charge in [0.1, 0.15) is 5.75 Å². The minimum Gasteiger partial charge on any atom is -0.484 e. The summed E-state index contributed by atoms with van der Waals surface area (Å²) in [5.41, 5.74) is 2.52. The maximum Gasteiger partial charge on any atom is 0.277 e. The van der Waals surface area contributed by atoms with Crippen LogP contribution < -0.4 is 10.2 Å². The van der Waals surface area contributed by atoms with Crippen LogP contribution in [0.15, 0.2) is 59.7 Å². The topological polar surface area (TPSA) is 50.7 Å². The smallest absolute Gasteiger partial charge is 0.277 e. The van der Waals surface area contributed by atoms with Crippen molar-refractivity contribution < 1.29 is 9.53 Å². The highest BCUT2D eigenvalue weighted by molar-refractivity contribution is 5.84. The Bertz CT molecular complexity index is 737. The van der Waals surface area contributed by atoms with E-state index in [9.17, 15) is 4.79 Å². The van der Waals surface area contributed by atoms with E-state index in [1.54, 1.807) is 0 Å². The van der Waals surface area contributed by atoms with Crippen LogP contribution in [-0.4, -0.2) is 18.7 Å². The van der Waals surface area contributed by atoms with Gasteiger partial charge in [-0.3, -0.25) is 4.79 Å². The first-order chi connectivity index (χ1) is 11.3. The quantitative estimate of drug-likeness (QED) is 0.520. The zero-order chi connectivity index (χ0) is 15.9. The number of nitrogens with one attached hydrogen (secondary N) is 1. The predicted octanol–water partition coefficient (Wildman–Crippen LogP) is 3.68. The zero-order valence-electron chi connectivity index (χ0n) is 12.9. The van der Waals surface area contributed by atoms with Crippen molar-refractivity contribution in [1.29, 1.82) is 0 Å². The van der Waals surface area contributed by atoms with E-state index in [2.05, 4.69) is 22.7 Å². The second kappa shape index (κ2) is 7.58. The number of hydrogen-bond acceptors (Lipinski definition) is 3. The van der Waals surface area contributed by atoms with Crippen molar-refractivity contribution in [3.05, 3.63) is 54.6 Å².